The Kier molecular flexibility index (Phi) is 3.24. The van der Waals surface area contributed by atoms with Gasteiger partial charge in [0.15, 0.2) is 0 Å². The van der Waals surface area contributed by atoms with Crippen LogP contribution in [0.25, 0.3) is 0 Å². The van der Waals surface area contributed by atoms with Gasteiger partial charge in [-0.1, -0.05) is 13.8 Å². The number of carbonyl (C=O) groups excluding carboxylic acids is 1. The molecule has 54 valence electrons. The zero-order valence-electron chi connectivity index (χ0n) is 5.98. The molecule has 0 heterocycles. The first-order valence-corrected chi connectivity index (χ1v) is 3.18. The minimum Gasteiger partial charge on any atom is -0.341 e. The van der Waals surface area contributed by atoms with Crippen molar-refractivity contribution >= 4 is 6.41 Å². The van der Waals surface area contributed by atoms with E-state index in [0.29, 0.717) is 6.41 Å². The summed E-state index contributed by atoms with van der Waals surface area (Å²) in [7, 11) is 0. The first-order chi connectivity index (χ1) is 4.18. The van der Waals surface area contributed by atoms with E-state index in [-0.39, 0.29) is 0 Å². The Morgan fingerprint density at radius 2 is 2.00 bits per heavy atom. The molecule has 0 unspecified atom stereocenters. The van der Waals surface area contributed by atoms with E-state index in [9.17, 15) is 4.79 Å². The van der Waals surface area contributed by atoms with Crippen molar-refractivity contribution < 1.29 is 4.79 Å². The molecular formula is C6H14N2O. The quantitative estimate of drug-likeness (QED) is 0.422. The highest BCUT2D eigenvalue weighted by molar-refractivity contribution is 5.47. The lowest BCUT2D eigenvalue weighted by molar-refractivity contribution is -0.111. The van der Waals surface area contributed by atoms with Crippen LogP contribution in [0.2, 0.25) is 0 Å². The fourth-order valence-electron chi connectivity index (χ4n) is 0.571. The minimum absolute atomic E-state index is 0.484. The third-order valence-corrected chi connectivity index (χ3v) is 1.61. The Hall–Kier alpha value is -0.570. The molecule has 0 aromatic heterocycles. The van der Waals surface area contributed by atoms with E-state index in [0.717, 1.165) is 12.8 Å². The average molecular weight is 130 g/mol. The van der Waals surface area contributed by atoms with Crippen molar-refractivity contribution in [3.63, 3.8) is 0 Å². The Labute approximate surface area is 55.6 Å². The predicted octanol–water partition coefficient (Wildman–Crippen LogP) is 0.207. The predicted molar refractivity (Wildman–Crippen MR) is 36.7 cm³/mol. The normalized spacial score (nSPS) is 11.0. The molecule has 0 aliphatic rings. The van der Waals surface area contributed by atoms with Crippen LogP contribution in [0.3, 0.4) is 0 Å². The molecule has 0 rings (SSSR count). The van der Waals surface area contributed by atoms with E-state index in [4.69, 9.17) is 5.73 Å². The highest BCUT2D eigenvalue weighted by Gasteiger charge is 2.17. The maximum absolute atomic E-state index is 9.95. The van der Waals surface area contributed by atoms with Crippen LogP contribution in [-0.4, -0.2) is 12.1 Å². The van der Waals surface area contributed by atoms with Crippen LogP contribution in [0.4, 0.5) is 0 Å². The van der Waals surface area contributed by atoms with Gasteiger partial charge in [0.2, 0.25) is 6.41 Å². The highest BCUT2D eigenvalue weighted by atomic mass is 16.1. The van der Waals surface area contributed by atoms with Gasteiger partial charge in [-0.2, -0.15) is 0 Å². The Balaban J connectivity index is 3.75. The molecule has 0 saturated carbocycles. The van der Waals surface area contributed by atoms with Crippen LogP contribution in [0, 0.1) is 0 Å². The third-order valence-electron chi connectivity index (χ3n) is 1.61. The van der Waals surface area contributed by atoms with Gasteiger partial charge in [0.25, 0.3) is 0 Å². The number of nitrogens with two attached hydrogens (primary N) is 1. The average Bonchev–Trinajstić information content (AvgIpc) is 1.89. The Bertz CT molecular complexity index is 89.1. The Morgan fingerprint density at radius 3 is 2.11 bits per heavy atom. The van der Waals surface area contributed by atoms with E-state index < -0.39 is 5.66 Å². The van der Waals surface area contributed by atoms with Crippen molar-refractivity contribution in [2.75, 3.05) is 0 Å². The molecule has 3 heteroatoms. The summed E-state index contributed by atoms with van der Waals surface area (Å²) in [5.41, 5.74) is 5.18. The summed E-state index contributed by atoms with van der Waals surface area (Å²) in [5, 5.41) is 2.56. The van der Waals surface area contributed by atoms with Crippen molar-refractivity contribution in [3.8, 4) is 0 Å². The van der Waals surface area contributed by atoms with Gasteiger partial charge < -0.3 is 11.1 Å². The number of amides is 1. The van der Waals surface area contributed by atoms with Crippen molar-refractivity contribution in [1.29, 1.82) is 0 Å². The first-order valence-electron chi connectivity index (χ1n) is 3.18. The molecule has 0 bridgehead atoms. The second kappa shape index (κ2) is 3.45. The largest absolute Gasteiger partial charge is 0.341 e. The summed E-state index contributed by atoms with van der Waals surface area (Å²) in [4.78, 5) is 9.95. The van der Waals surface area contributed by atoms with E-state index in [1.54, 1.807) is 0 Å². The maximum Gasteiger partial charge on any atom is 0.208 e. The molecule has 0 atom stereocenters. The van der Waals surface area contributed by atoms with Gasteiger partial charge in [-0.05, 0) is 12.8 Å². The number of nitrogens with one attached hydrogen (secondary N) is 1. The summed E-state index contributed by atoms with van der Waals surface area (Å²) in [6, 6.07) is 0. The SMILES string of the molecule is CCC(N)(CC)NC=O. The molecule has 3 N–H and O–H groups in total. The van der Waals surface area contributed by atoms with Gasteiger partial charge in [0, 0.05) is 0 Å². The zero-order valence-corrected chi connectivity index (χ0v) is 5.98. The number of carbonyl (C=O) groups is 1. The molecule has 0 aromatic carbocycles. The summed E-state index contributed by atoms with van der Waals surface area (Å²) < 4.78 is 0. The fraction of sp³-hybridized carbons (Fsp3) is 0.833. The monoisotopic (exact) mass is 130 g/mol. The van der Waals surface area contributed by atoms with Gasteiger partial charge in [0.1, 0.15) is 0 Å². The van der Waals surface area contributed by atoms with Gasteiger partial charge in [0.05, 0.1) is 5.66 Å². The number of hydrogen-bond donors (Lipinski definition) is 2. The number of hydrogen-bond acceptors (Lipinski definition) is 2. The molecule has 0 fully saturated rings. The first kappa shape index (κ1) is 8.43. The molecule has 0 spiro atoms. The second-order valence-electron chi connectivity index (χ2n) is 2.13. The maximum atomic E-state index is 9.95. The van der Waals surface area contributed by atoms with Crippen molar-refractivity contribution in [2.24, 2.45) is 5.73 Å². The smallest absolute Gasteiger partial charge is 0.208 e. The summed E-state index contributed by atoms with van der Waals surface area (Å²) in [5.74, 6) is 0. The van der Waals surface area contributed by atoms with E-state index in [2.05, 4.69) is 5.32 Å². The van der Waals surface area contributed by atoms with Gasteiger partial charge in [-0.25, -0.2) is 0 Å². The summed E-state index contributed by atoms with van der Waals surface area (Å²) in [6.45, 7) is 3.89. The highest BCUT2D eigenvalue weighted by Crippen LogP contribution is 2.04. The fourth-order valence-corrected chi connectivity index (χ4v) is 0.571. The lowest BCUT2D eigenvalue weighted by Gasteiger charge is -2.25. The second-order valence-corrected chi connectivity index (χ2v) is 2.13. The summed E-state index contributed by atoms with van der Waals surface area (Å²) in [6.07, 6.45) is 2.18. The van der Waals surface area contributed by atoms with Crippen molar-refractivity contribution in [2.45, 2.75) is 32.4 Å². The third kappa shape index (κ3) is 2.46. The van der Waals surface area contributed by atoms with E-state index >= 15 is 0 Å². The zero-order chi connectivity index (χ0) is 7.33. The van der Waals surface area contributed by atoms with Crippen molar-refractivity contribution in [3.05, 3.63) is 0 Å². The molecule has 3 nitrogen and oxygen atoms in total. The number of rotatable bonds is 4. The lowest BCUT2D eigenvalue weighted by Crippen LogP contribution is -2.51. The van der Waals surface area contributed by atoms with Gasteiger partial charge >= 0.3 is 0 Å². The van der Waals surface area contributed by atoms with Crippen LogP contribution in [-0.2, 0) is 4.79 Å². The summed E-state index contributed by atoms with van der Waals surface area (Å²) >= 11 is 0. The Morgan fingerprint density at radius 1 is 1.56 bits per heavy atom. The molecule has 0 aliphatic carbocycles. The topological polar surface area (TPSA) is 55.1 Å². The standard InChI is InChI=1S/C6H14N2O/c1-3-6(7,4-2)8-5-9/h5H,3-4,7H2,1-2H3,(H,8,9). The van der Waals surface area contributed by atoms with Gasteiger partial charge in [-0.3, -0.25) is 4.79 Å². The lowest BCUT2D eigenvalue weighted by atomic mass is 10.1. The van der Waals surface area contributed by atoms with Crippen LogP contribution < -0.4 is 11.1 Å². The molecule has 0 aliphatic heterocycles. The van der Waals surface area contributed by atoms with Gasteiger partial charge in [-0.15, -0.1) is 0 Å². The van der Waals surface area contributed by atoms with Crippen LogP contribution in [0.1, 0.15) is 26.7 Å². The minimum atomic E-state index is -0.484. The van der Waals surface area contributed by atoms with E-state index in [1.807, 2.05) is 13.8 Å². The molecule has 0 radical (unpaired) electrons. The molecule has 0 aromatic rings. The van der Waals surface area contributed by atoms with Crippen molar-refractivity contribution in [1.82, 2.24) is 5.32 Å². The molecular weight excluding hydrogens is 116 g/mol. The molecule has 1 amide bonds. The molecule has 9 heavy (non-hydrogen) atoms. The van der Waals surface area contributed by atoms with E-state index in [1.165, 1.54) is 0 Å². The molecule has 0 saturated heterocycles. The van der Waals surface area contributed by atoms with Crippen LogP contribution in [0.5, 0.6) is 0 Å². The van der Waals surface area contributed by atoms with Crippen LogP contribution >= 0.6 is 0 Å². The van der Waals surface area contributed by atoms with Crippen LogP contribution in [0.15, 0.2) is 0 Å².